The highest BCUT2D eigenvalue weighted by Gasteiger charge is 2.23. The van der Waals surface area contributed by atoms with E-state index in [0.717, 1.165) is 28.4 Å². The highest BCUT2D eigenvalue weighted by Crippen LogP contribution is 2.34. The van der Waals surface area contributed by atoms with Crippen LogP contribution in [0.2, 0.25) is 5.02 Å². The largest absolute Gasteiger partial charge is 0.489 e. The van der Waals surface area contributed by atoms with E-state index in [2.05, 4.69) is 0 Å². The molecule has 2 nitrogen and oxygen atoms in total. The third kappa shape index (κ3) is 2.86. The van der Waals surface area contributed by atoms with Crippen molar-refractivity contribution in [2.45, 2.75) is 17.4 Å². The Labute approximate surface area is 126 Å². The molecule has 3 rings (SSSR count). The fourth-order valence-corrected chi connectivity index (χ4v) is 3.34. The molecule has 0 aromatic heterocycles. The lowest BCUT2D eigenvalue weighted by molar-refractivity contribution is 0.259. The van der Waals surface area contributed by atoms with Crippen molar-refractivity contribution < 1.29 is 9.13 Å². The van der Waals surface area contributed by atoms with Gasteiger partial charge in [-0.15, -0.1) is 11.8 Å². The molecule has 0 fully saturated rings. The average Bonchev–Trinajstić information content (AvgIpc) is 2.79. The van der Waals surface area contributed by atoms with Gasteiger partial charge in [-0.2, -0.15) is 0 Å². The van der Waals surface area contributed by atoms with E-state index in [1.807, 2.05) is 12.1 Å². The minimum atomic E-state index is -0.220. The second-order valence-corrected chi connectivity index (χ2v) is 6.19. The average molecular weight is 310 g/mol. The fraction of sp³-hybridized carbons (Fsp3) is 0.200. The third-order valence-electron chi connectivity index (χ3n) is 3.16. The molecular weight excluding hydrogens is 297 g/mol. The maximum atomic E-state index is 13.1. The lowest BCUT2D eigenvalue weighted by Crippen LogP contribution is -2.15. The van der Waals surface area contributed by atoms with Crippen molar-refractivity contribution in [3.05, 3.63) is 52.8 Å². The van der Waals surface area contributed by atoms with Crippen molar-refractivity contribution in [3.8, 4) is 5.75 Å². The quantitative estimate of drug-likeness (QED) is 0.683. The highest BCUT2D eigenvalue weighted by molar-refractivity contribution is 7.99. The summed E-state index contributed by atoms with van der Waals surface area (Å²) in [5.41, 5.74) is 7.52. The van der Waals surface area contributed by atoms with E-state index in [1.165, 1.54) is 12.1 Å². The van der Waals surface area contributed by atoms with Crippen LogP contribution in [0.15, 0.2) is 41.3 Å². The molecule has 20 heavy (non-hydrogen) atoms. The lowest BCUT2D eigenvalue weighted by atomic mass is 10.1. The summed E-state index contributed by atoms with van der Waals surface area (Å²) in [5, 5.41) is 0.631. The first-order valence-corrected chi connectivity index (χ1v) is 7.61. The minimum absolute atomic E-state index is 0.0480. The summed E-state index contributed by atoms with van der Waals surface area (Å²) in [6.07, 6.45) is 0.778. The van der Waals surface area contributed by atoms with Crippen molar-refractivity contribution >= 4 is 29.1 Å². The summed E-state index contributed by atoms with van der Waals surface area (Å²) in [6.45, 7) is 0. The molecule has 0 amide bonds. The molecule has 2 N–H and O–H groups in total. The summed E-state index contributed by atoms with van der Waals surface area (Å²) in [6, 6.07) is 10.1. The second kappa shape index (κ2) is 5.54. The Bertz CT molecular complexity index is 650. The van der Waals surface area contributed by atoms with Gasteiger partial charge in [0.15, 0.2) is 0 Å². The van der Waals surface area contributed by atoms with Gasteiger partial charge in [0, 0.05) is 33.3 Å². The molecule has 0 bridgehead atoms. The van der Waals surface area contributed by atoms with Gasteiger partial charge in [0.25, 0.3) is 0 Å². The Morgan fingerprint density at radius 1 is 1.30 bits per heavy atom. The molecule has 1 aliphatic heterocycles. The Balaban J connectivity index is 1.63. The first kappa shape index (κ1) is 13.6. The van der Waals surface area contributed by atoms with Crippen molar-refractivity contribution in [2.75, 3.05) is 11.5 Å². The summed E-state index contributed by atoms with van der Waals surface area (Å²) < 4.78 is 18.9. The van der Waals surface area contributed by atoms with Crippen molar-refractivity contribution in [1.82, 2.24) is 0 Å². The van der Waals surface area contributed by atoms with E-state index in [9.17, 15) is 4.39 Å². The normalized spacial score (nSPS) is 16.8. The van der Waals surface area contributed by atoms with Gasteiger partial charge in [0.2, 0.25) is 0 Å². The molecule has 0 aliphatic carbocycles. The molecule has 1 atom stereocenters. The van der Waals surface area contributed by atoms with Gasteiger partial charge in [0.1, 0.15) is 17.7 Å². The standard InChI is InChI=1S/C15H13ClFNOS/c16-10-1-4-15(13(18)7-10)20-8-12-6-9-5-11(17)2-3-14(9)19-12/h1-5,7,12H,6,8,18H2. The number of nitrogens with two attached hydrogens (primary N) is 1. The number of fused-ring (bicyclic) bond motifs is 1. The van der Waals surface area contributed by atoms with Gasteiger partial charge in [-0.25, -0.2) is 4.39 Å². The number of halogens is 2. The van der Waals surface area contributed by atoms with Crippen LogP contribution in [-0.2, 0) is 6.42 Å². The van der Waals surface area contributed by atoms with Crippen LogP contribution in [0.3, 0.4) is 0 Å². The molecule has 0 saturated heterocycles. The van der Waals surface area contributed by atoms with E-state index in [-0.39, 0.29) is 11.9 Å². The topological polar surface area (TPSA) is 35.2 Å². The molecule has 1 unspecified atom stereocenters. The number of anilines is 1. The summed E-state index contributed by atoms with van der Waals surface area (Å²) in [7, 11) is 0. The zero-order chi connectivity index (χ0) is 14.1. The monoisotopic (exact) mass is 309 g/mol. The van der Waals surface area contributed by atoms with Crippen LogP contribution >= 0.6 is 23.4 Å². The Morgan fingerprint density at radius 2 is 2.15 bits per heavy atom. The Kier molecular flexibility index (Phi) is 3.76. The first-order chi connectivity index (χ1) is 9.61. The summed E-state index contributed by atoms with van der Waals surface area (Å²) in [5.74, 6) is 1.32. The van der Waals surface area contributed by atoms with Crippen LogP contribution in [-0.4, -0.2) is 11.9 Å². The van der Waals surface area contributed by atoms with Gasteiger partial charge >= 0.3 is 0 Å². The first-order valence-electron chi connectivity index (χ1n) is 6.25. The van der Waals surface area contributed by atoms with E-state index in [0.29, 0.717) is 10.7 Å². The van der Waals surface area contributed by atoms with Crippen LogP contribution in [0.25, 0.3) is 0 Å². The molecule has 2 aromatic rings. The molecular formula is C15H13ClFNOS. The number of rotatable bonds is 3. The number of benzene rings is 2. The molecule has 2 aromatic carbocycles. The van der Waals surface area contributed by atoms with Crippen LogP contribution in [0, 0.1) is 5.82 Å². The van der Waals surface area contributed by atoms with Gasteiger partial charge in [0.05, 0.1) is 0 Å². The zero-order valence-electron chi connectivity index (χ0n) is 10.6. The maximum absolute atomic E-state index is 13.1. The minimum Gasteiger partial charge on any atom is -0.489 e. The number of hydrogen-bond acceptors (Lipinski definition) is 3. The van der Waals surface area contributed by atoms with E-state index in [4.69, 9.17) is 22.1 Å². The predicted molar refractivity (Wildman–Crippen MR) is 81.1 cm³/mol. The number of nitrogen functional groups attached to an aromatic ring is 1. The predicted octanol–water partition coefficient (Wildman–Crippen LogP) is 4.16. The second-order valence-electron chi connectivity index (χ2n) is 4.69. The molecule has 0 radical (unpaired) electrons. The Hall–Kier alpha value is -1.39. The fourth-order valence-electron chi connectivity index (χ4n) is 2.22. The lowest BCUT2D eigenvalue weighted by Gasteiger charge is -2.11. The molecule has 1 aliphatic rings. The number of hydrogen-bond donors (Lipinski definition) is 1. The molecule has 104 valence electrons. The third-order valence-corrected chi connectivity index (χ3v) is 4.62. The van der Waals surface area contributed by atoms with E-state index in [1.54, 1.807) is 23.9 Å². The molecule has 0 saturated carbocycles. The Morgan fingerprint density at radius 3 is 2.95 bits per heavy atom. The van der Waals surface area contributed by atoms with Crippen LogP contribution in [0.5, 0.6) is 5.75 Å². The SMILES string of the molecule is Nc1cc(Cl)ccc1SCC1Cc2cc(F)ccc2O1. The van der Waals surface area contributed by atoms with Crippen molar-refractivity contribution in [2.24, 2.45) is 0 Å². The van der Waals surface area contributed by atoms with Crippen LogP contribution < -0.4 is 10.5 Å². The smallest absolute Gasteiger partial charge is 0.123 e. The van der Waals surface area contributed by atoms with Crippen molar-refractivity contribution in [3.63, 3.8) is 0 Å². The molecule has 5 heteroatoms. The number of thioether (sulfide) groups is 1. The summed E-state index contributed by atoms with van der Waals surface area (Å²) in [4.78, 5) is 0.986. The van der Waals surface area contributed by atoms with Gasteiger partial charge in [-0.05, 0) is 36.4 Å². The van der Waals surface area contributed by atoms with E-state index >= 15 is 0 Å². The maximum Gasteiger partial charge on any atom is 0.123 e. The number of ether oxygens (including phenoxy) is 1. The van der Waals surface area contributed by atoms with Crippen molar-refractivity contribution in [1.29, 1.82) is 0 Å². The highest BCUT2D eigenvalue weighted by atomic mass is 35.5. The zero-order valence-corrected chi connectivity index (χ0v) is 12.2. The van der Waals surface area contributed by atoms with Gasteiger partial charge < -0.3 is 10.5 Å². The molecule has 0 spiro atoms. The van der Waals surface area contributed by atoms with Crippen LogP contribution in [0.1, 0.15) is 5.56 Å². The van der Waals surface area contributed by atoms with Gasteiger partial charge in [-0.3, -0.25) is 0 Å². The van der Waals surface area contributed by atoms with E-state index < -0.39 is 0 Å². The molecule has 1 heterocycles. The summed E-state index contributed by atoms with van der Waals surface area (Å²) >= 11 is 7.50. The van der Waals surface area contributed by atoms with Gasteiger partial charge in [-0.1, -0.05) is 11.6 Å². The van der Waals surface area contributed by atoms with Crippen LogP contribution in [0.4, 0.5) is 10.1 Å².